The lowest BCUT2D eigenvalue weighted by Crippen LogP contribution is -2.66. The lowest BCUT2D eigenvalue weighted by molar-refractivity contribution is -0.183. The minimum absolute atomic E-state index is 0.0280. The van der Waals surface area contributed by atoms with E-state index in [1.54, 1.807) is 0 Å². The second kappa shape index (κ2) is 11.3. The van der Waals surface area contributed by atoms with Crippen molar-refractivity contribution < 1.29 is 19.8 Å². The smallest absolute Gasteiger partial charge is 0.321 e. The fraction of sp³-hybridized carbons (Fsp3) is 0.933. The van der Waals surface area contributed by atoms with Gasteiger partial charge in [-0.05, 0) is 105 Å². The van der Waals surface area contributed by atoms with Crippen molar-refractivity contribution in [1.29, 1.82) is 0 Å². The van der Waals surface area contributed by atoms with E-state index >= 15 is 0 Å². The van der Waals surface area contributed by atoms with Crippen LogP contribution in [0, 0.1) is 23.2 Å². The van der Waals surface area contributed by atoms with Gasteiger partial charge in [0.2, 0.25) is 0 Å². The first kappa shape index (κ1) is 31.1. The maximum absolute atomic E-state index is 13.3. The monoisotopic (exact) mass is 508 g/mol. The lowest BCUT2D eigenvalue weighted by Gasteiger charge is -2.55. The van der Waals surface area contributed by atoms with Crippen LogP contribution in [-0.4, -0.2) is 44.3 Å². The highest BCUT2D eigenvalue weighted by Gasteiger charge is 2.63. The van der Waals surface area contributed by atoms with Gasteiger partial charge in [0.05, 0.1) is 0 Å². The van der Waals surface area contributed by atoms with Crippen molar-refractivity contribution in [2.24, 2.45) is 23.2 Å². The van der Waals surface area contributed by atoms with Gasteiger partial charge in [-0.2, -0.15) is 0 Å². The molecule has 0 aromatic carbocycles. The zero-order valence-corrected chi connectivity index (χ0v) is 24.7. The third-order valence-corrected chi connectivity index (χ3v) is 8.79. The molecule has 36 heavy (non-hydrogen) atoms. The minimum Gasteiger partial charge on any atom is -0.480 e. The highest BCUT2D eigenvalue weighted by atomic mass is 16.4. The van der Waals surface area contributed by atoms with Crippen LogP contribution in [-0.2, 0) is 9.59 Å². The summed E-state index contributed by atoms with van der Waals surface area (Å²) >= 11 is 0. The van der Waals surface area contributed by atoms with Crippen LogP contribution in [0.5, 0.6) is 0 Å². The molecular formula is C30H56N2O4. The Bertz CT molecular complexity index is 725. The Balaban J connectivity index is 2.56. The Hall–Kier alpha value is -1.14. The topological polar surface area (TPSA) is 98.7 Å². The molecule has 0 aromatic heterocycles. The number of rotatable bonds is 12. The van der Waals surface area contributed by atoms with Gasteiger partial charge in [-0.3, -0.25) is 9.59 Å². The molecule has 6 heteroatoms. The molecular weight excluding hydrogens is 452 g/mol. The number of hydrogen-bond donors (Lipinski definition) is 4. The number of piperidine rings is 2. The first-order valence-corrected chi connectivity index (χ1v) is 14.4. The molecule has 2 fully saturated rings. The summed E-state index contributed by atoms with van der Waals surface area (Å²) in [5.74, 6) is -3.10. The molecule has 1 unspecified atom stereocenters. The zero-order chi connectivity index (χ0) is 27.6. The van der Waals surface area contributed by atoms with Crippen LogP contribution < -0.4 is 10.6 Å². The second-order valence-corrected chi connectivity index (χ2v) is 14.7. The molecule has 4 N–H and O–H groups in total. The van der Waals surface area contributed by atoms with Gasteiger partial charge in [-0.1, -0.05) is 45.4 Å². The highest BCUT2D eigenvalue weighted by molar-refractivity contribution is 5.99. The molecule has 210 valence electrons. The van der Waals surface area contributed by atoms with E-state index in [9.17, 15) is 19.8 Å². The van der Waals surface area contributed by atoms with Crippen LogP contribution in [0.3, 0.4) is 0 Å². The van der Waals surface area contributed by atoms with E-state index in [0.29, 0.717) is 19.3 Å². The molecule has 0 amide bonds. The lowest BCUT2D eigenvalue weighted by atomic mass is 9.53. The second-order valence-electron chi connectivity index (χ2n) is 14.7. The van der Waals surface area contributed by atoms with Crippen molar-refractivity contribution in [2.45, 2.75) is 155 Å². The van der Waals surface area contributed by atoms with Crippen LogP contribution >= 0.6 is 0 Å². The fourth-order valence-corrected chi connectivity index (χ4v) is 8.37. The molecule has 2 rings (SSSR count). The summed E-state index contributed by atoms with van der Waals surface area (Å²) in [4.78, 5) is 26.7. The molecule has 0 saturated carbocycles. The van der Waals surface area contributed by atoms with Gasteiger partial charge in [0, 0.05) is 22.2 Å². The Morgan fingerprint density at radius 1 is 0.722 bits per heavy atom. The first-order valence-electron chi connectivity index (χ1n) is 14.4. The average Bonchev–Trinajstić information content (AvgIpc) is 2.64. The van der Waals surface area contributed by atoms with E-state index in [1.165, 1.54) is 19.3 Å². The summed E-state index contributed by atoms with van der Waals surface area (Å²) in [5, 5.41) is 29.2. The molecule has 0 aromatic rings. The molecule has 0 aliphatic carbocycles. The Labute approximate surface area is 220 Å². The van der Waals surface area contributed by atoms with Gasteiger partial charge in [0.1, 0.15) is 0 Å². The average molecular weight is 509 g/mol. The number of nitrogens with one attached hydrogen (secondary N) is 2. The number of carboxylic acids is 2. The van der Waals surface area contributed by atoms with Crippen molar-refractivity contribution in [3.8, 4) is 0 Å². The van der Waals surface area contributed by atoms with Crippen molar-refractivity contribution >= 4 is 11.9 Å². The van der Waals surface area contributed by atoms with E-state index in [4.69, 9.17) is 0 Å². The molecule has 2 saturated heterocycles. The van der Waals surface area contributed by atoms with Crippen molar-refractivity contribution in [2.75, 3.05) is 0 Å². The molecule has 2 heterocycles. The van der Waals surface area contributed by atoms with Crippen molar-refractivity contribution in [3.05, 3.63) is 0 Å². The van der Waals surface area contributed by atoms with Crippen LogP contribution in [0.25, 0.3) is 0 Å². The highest BCUT2D eigenvalue weighted by Crippen LogP contribution is 2.54. The summed E-state index contributed by atoms with van der Waals surface area (Å²) < 4.78 is 0. The summed E-state index contributed by atoms with van der Waals surface area (Å²) in [6.45, 7) is 19.2. The summed E-state index contributed by atoms with van der Waals surface area (Å²) in [5.41, 5.74) is -2.82. The summed E-state index contributed by atoms with van der Waals surface area (Å²) in [6, 6.07) is 0. The number of unbranched alkanes of at least 4 members (excludes halogenated alkanes) is 5. The zero-order valence-electron chi connectivity index (χ0n) is 24.7. The Kier molecular flexibility index (Phi) is 9.76. The quantitative estimate of drug-likeness (QED) is 0.175. The van der Waals surface area contributed by atoms with Crippen molar-refractivity contribution in [3.63, 3.8) is 0 Å². The fourth-order valence-electron chi connectivity index (χ4n) is 8.37. The molecule has 0 radical (unpaired) electrons. The van der Waals surface area contributed by atoms with Crippen LogP contribution in [0.15, 0.2) is 0 Å². The van der Waals surface area contributed by atoms with E-state index in [0.717, 1.165) is 32.1 Å². The number of carbonyl (C=O) groups is 2. The largest absolute Gasteiger partial charge is 0.480 e. The predicted octanol–water partition coefficient (Wildman–Crippen LogP) is 6.62. The Morgan fingerprint density at radius 2 is 1.11 bits per heavy atom. The maximum Gasteiger partial charge on any atom is 0.321 e. The van der Waals surface area contributed by atoms with Crippen molar-refractivity contribution in [1.82, 2.24) is 10.6 Å². The first-order chi connectivity index (χ1) is 16.4. The van der Waals surface area contributed by atoms with Gasteiger partial charge in [-0.15, -0.1) is 0 Å². The third kappa shape index (κ3) is 7.46. The van der Waals surface area contributed by atoms with Gasteiger partial charge in [0.25, 0.3) is 0 Å². The normalized spacial score (nSPS) is 24.8. The molecule has 0 spiro atoms. The number of hydrogen-bond acceptors (Lipinski definition) is 4. The Morgan fingerprint density at radius 3 is 1.53 bits per heavy atom. The van der Waals surface area contributed by atoms with E-state index in [2.05, 4.69) is 72.9 Å². The van der Waals surface area contributed by atoms with E-state index < -0.39 is 29.2 Å². The number of carboxylic acid groups (broad SMARTS) is 2. The predicted molar refractivity (Wildman–Crippen MR) is 147 cm³/mol. The molecule has 2 aliphatic rings. The molecule has 2 aliphatic heterocycles. The van der Waals surface area contributed by atoms with Gasteiger partial charge < -0.3 is 20.8 Å². The van der Waals surface area contributed by atoms with E-state index in [1.807, 2.05) is 0 Å². The maximum atomic E-state index is 13.3. The molecule has 1 atom stereocenters. The van der Waals surface area contributed by atoms with Crippen LogP contribution in [0.2, 0.25) is 0 Å². The van der Waals surface area contributed by atoms with Gasteiger partial charge in [-0.25, -0.2) is 0 Å². The van der Waals surface area contributed by atoms with Gasteiger partial charge in [0.15, 0.2) is 5.41 Å². The number of aliphatic carboxylic acids is 2. The molecule has 6 nitrogen and oxygen atoms in total. The van der Waals surface area contributed by atoms with E-state index in [-0.39, 0.29) is 28.1 Å². The SMILES string of the molecule is CCCCCCCCC(C1CC(C)(C)NC(C)(C)C1)C(C(=O)O)(C(=O)O)C1CC(C)(C)NC(C)(C)C1. The van der Waals surface area contributed by atoms with Gasteiger partial charge >= 0.3 is 11.9 Å². The third-order valence-electron chi connectivity index (χ3n) is 8.79. The standard InChI is InChI=1S/C30H56N2O4/c1-10-11-12-13-14-15-16-23(21-17-26(2,3)31-27(4,5)18-21)30(24(33)34,25(35)36)22-19-28(6,7)32-29(8,9)20-22/h21-23,31-32H,10-20H2,1-9H3,(H,33,34)(H,35,36). The van der Waals surface area contributed by atoms with Crippen LogP contribution in [0.4, 0.5) is 0 Å². The molecule has 0 bridgehead atoms. The minimum atomic E-state index is -1.80. The van der Waals surface area contributed by atoms with Crippen LogP contribution in [0.1, 0.15) is 133 Å². The summed E-state index contributed by atoms with van der Waals surface area (Å²) in [7, 11) is 0. The summed E-state index contributed by atoms with van der Waals surface area (Å²) in [6.07, 6.45) is 9.96.